The summed E-state index contributed by atoms with van der Waals surface area (Å²) in [5, 5.41) is 10.1. The van der Waals surface area contributed by atoms with Crippen molar-refractivity contribution < 1.29 is 4.79 Å². The van der Waals surface area contributed by atoms with Crippen LogP contribution in [0, 0.1) is 5.92 Å². The van der Waals surface area contributed by atoms with Crippen molar-refractivity contribution in [2.45, 2.75) is 18.9 Å². The standard InChI is InChI=1S/C20H21N5O/c26-20(22-13-16-12-18(16)15-6-2-1-3-7-15)23-19-9-11-25(24-19)14-17-8-4-5-10-21-17/h1-11,16,18H,12-14H2,(H2,22,23,24,26)/t16-,18-/m1/s1. The third-order valence-corrected chi connectivity index (χ3v) is 4.61. The van der Waals surface area contributed by atoms with Crippen LogP contribution in [0.1, 0.15) is 23.6 Å². The van der Waals surface area contributed by atoms with Gasteiger partial charge < -0.3 is 5.32 Å². The van der Waals surface area contributed by atoms with Crippen molar-refractivity contribution >= 4 is 11.8 Å². The lowest BCUT2D eigenvalue weighted by Gasteiger charge is -2.06. The molecule has 2 N–H and O–H groups in total. The quantitative estimate of drug-likeness (QED) is 0.719. The number of nitrogens with zero attached hydrogens (tertiary/aromatic N) is 3. The van der Waals surface area contributed by atoms with Crippen molar-refractivity contribution in [3.05, 3.63) is 78.2 Å². The highest BCUT2D eigenvalue weighted by atomic mass is 16.2. The van der Waals surface area contributed by atoms with Gasteiger partial charge in [-0.05, 0) is 36.0 Å². The van der Waals surface area contributed by atoms with Gasteiger partial charge in [-0.25, -0.2) is 4.79 Å². The molecule has 1 saturated carbocycles. The van der Waals surface area contributed by atoms with Gasteiger partial charge in [0.1, 0.15) is 0 Å². The molecule has 0 unspecified atom stereocenters. The van der Waals surface area contributed by atoms with E-state index in [0.717, 1.165) is 12.1 Å². The van der Waals surface area contributed by atoms with Crippen LogP contribution in [-0.2, 0) is 6.54 Å². The van der Waals surface area contributed by atoms with E-state index < -0.39 is 0 Å². The number of nitrogens with one attached hydrogen (secondary N) is 2. The summed E-state index contributed by atoms with van der Waals surface area (Å²) < 4.78 is 1.75. The van der Waals surface area contributed by atoms with Crippen LogP contribution in [-0.4, -0.2) is 27.3 Å². The molecule has 1 aliphatic carbocycles. The predicted molar refractivity (Wildman–Crippen MR) is 99.9 cm³/mol. The first-order valence-corrected chi connectivity index (χ1v) is 8.81. The molecule has 6 nitrogen and oxygen atoms in total. The summed E-state index contributed by atoms with van der Waals surface area (Å²) in [5.41, 5.74) is 2.28. The minimum absolute atomic E-state index is 0.216. The average Bonchev–Trinajstić information content (AvgIpc) is 3.34. The maximum atomic E-state index is 12.1. The third-order valence-electron chi connectivity index (χ3n) is 4.61. The van der Waals surface area contributed by atoms with E-state index in [-0.39, 0.29) is 6.03 Å². The largest absolute Gasteiger partial charge is 0.338 e. The number of aromatic nitrogens is 3. The van der Waals surface area contributed by atoms with E-state index in [0.29, 0.717) is 30.7 Å². The van der Waals surface area contributed by atoms with Crippen molar-refractivity contribution in [3.8, 4) is 0 Å². The molecule has 1 fully saturated rings. The second-order valence-electron chi connectivity index (χ2n) is 6.57. The summed E-state index contributed by atoms with van der Waals surface area (Å²) in [6.45, 7) is 1.25. The van der Waals surface area contributed by atoms with Gasteiger partial charge in [-0.3, -0.25) is 15.0 Å². The zero-order valence-electron chi connectivity index (χ0n) is 14.4. The van der Waals surface area contributed by atoms with Crippen LogP contribution >= 0.6 is 0 Å². The molecule has 0 bridgehead atoms. The highest BCUT2D eigenvalue weighted by Gasteiger charge is 2.38. The van der Waals surface area contributed by atoms with Gasteiger partial charge in [-0.2, -0.15) is 5.10 Å². The highest BCUT2D eigenvalue weighted by molar-refractivity contribution is 5.88. The monoisotopic (exact) mass is 347 g/mol. The van der Waals surface area contributed by atoms with Crippen LogP contribution in [0.15, 0.2) is 67.0 Å². The van der Waals surface area contributed by atoms with Crippen LogP contribution in [0.5, 0.6) is 0 Å². The number of anilines is 1. The maximum Gasteiger partial charge on any atom is 0.320 e. The van der Waals surface area contributed by atoms with Crippen molar-refractivity contribution in [1.29, 1.82) is 0 Å². The topological polar surface area (TPSA) is 71.8 Å². The molecule has 1 aliphatic rings. The first kappa shape index (κ1) is 16.3. The van der Waals surface area contributed by atoms with Crippen LogP contribution in [0.2, 0.25) is 0 Å². The van der Waals surface area contributed by atoms with Gasteiger partial charge >= 0.3 is 6.03 Å². The fourth-order valence-electron chi connectivity index (χ4n) is 3.14. The second-order valence-corrected chi connectivity index (χ2v) is 6.57. The summed E-state index contributed by atoms with van der Waals surface area (Å²) in [6.07, 6.45) is 4.71. The van der Waals surface area contributed by atoms with E-state index in [1.54, 1.807) is 16.9 Å². The van der Waals surface area contributed by atoms with E-state index in [9.17, 15) is 4.79 Å². The Kier molecular flexibility index (Phi) is 4.64. The van der Waals surface area contributed by atoms with Crippen LogP contribution < -0.4 is 10.6 Å². The summed E-state index contributed by atoms with van der Waals surface area (Å²) in [7, 11) is 0. The maximum absolute atomic E-state index is 12.1. The molecular weight excluding hydrogens is 326 g/mol. The molecular formula is C20H21N5O. The molecule has 6 heteroatoms. The highest BCUT2D eigenvalue weighted by Crippen LogP contribution is 2.46. The number of urea groups is 1. The number of benzene rings is 1. The van der Waals surface area contributed by atoms with Crippen LogP contribution in [0.4, 0.5) is 10.6 Å². The Morgan fingerprint density at radius 1 is 1.12 bits per heavy atom. The molecule has 2 heterocycles. The number of amides is 2. The molecule has 2 amide bonds. The molecule has 0 spiro atoms. The van der Waals surface area contributed by atoms with Gasteiger partial charge in [0.05, 0.1) is 12.2 Å². The lowest BCUT2D eigenvalue weighted by molar-refractivity contribution is 0.251. The number of carbonyl (C=O) groups excluding carboxylic acids is 1. The zero-order valence-corrected chi connectivity index (χ0v) is 14.4. The van der Waals surface area contributed by atoms with Gasteiger partial charge in [-0.1, -0.05) is 36.4 Å². The van der Waals surface area contributed by atoms with Gasteiger partial charge in [0.25, 0.3) is 0 Å². The molecule has 3 aromatic rings. The molecule has 0 saturated heterocycles. The van der Waals surface area contributed by atoms with Crippen molar-refractivity contribution in [1.82, 2.24) is 20.1 Å². The zero-order chi connectivity index (χ0) is 17.8. The van der Waals surface area contributed by atoms with E-state index in [2.05, 4.69) is 45.0 Å². The summed E-state index contributed by atoms with van der Waals surface area (Å²) >= 11 is 0. The number of rotatable bonds is 6. The van der Waals surface area contributed by atoms with Crippen molar-refractivity contribution in [2.24, 2.45) is 5.92 Å². The van der Waals surface area contributed by atoms with Crippen LogP contribution in [0.3, 0.4) is 0 Å². The Morgan fingerprint density at radius 2 is 1.96 bits per heavy atom. The number of pyridine rings is 1. The Labute approximate surface area is 152 Å². The Morgan fingerprint density at radius 3 is 2.77 bits per heavy atom. The lowest BCUT2D eigenvalue weighted by atomic mass is 10.1. The lowest BCUT2D eigenvalue weighted by Crippen LogP contribution is -2.30. The van der Waals surface area contributed by atoms with E-state index >= 15 is 0 Å². The van der Waals surface area contributed by atoms with E-state index in [1.807, 2.05) is 30.5 Å². The molecule has 4 rings (SSSR count). The minimum atomic E-state index is -0.216. The van der Waals surface area contributed by atoms with Crippen LogP contribution in [0.25, 0.3) is 0 Å². The Hall–Kier alpha value is -3.15. The average molecular weight is 347 g/mol. The predicted octanol–water partition coefficient (Wildman–Crippen LogP) is 3.25. The number of hydrogen-bond acceptors (Lipinski definition) is 3. The van der Waals surface area contributed by atoms with Gasteiger partial charge in [0, 0.05) is 25.0 Å². The SMILES string of the molecule is O=C(NC[C@H]1C[C@@H]1c1ccccc1)Nc1ccn(Cc2ccccn2)n1. The number of hydrogen-bond donors (Lipinski definition) is 2. The Balaban J connectivity index is 1.23. The summed E-state index contributed by atoms with van der Waals surface area (Å²) in [5.74, 6) is 1.62. The Bertz CT molecular complexity index is 862. The fourth-order valence-corrected chi connectivity index (χ4v) is 3.14. The molecule has 2 atom stereocenters. The molecule has 1 aromatic carbocycles. The molecule has 0 radical (unpaired) electrons. The normalized spacial score (nSPS) is 18.3. The van der Waals surface area contributed by atoms with Crippen molar-refractivity contribution in [2.75, 3.05) is 11.9 Å². The smallest absolute Gasteiger partial charge is 0.320 e. The molecule has 2 aromatic heterocycles. The van der Waals surface area contributed by atoms with Gasteiger partial charge in [0.2, 0.25) is 0 Å². The second kappa shape index (κ2) is 7.39. The number of carbonyl (C=O) groups is 1. The molecule has 26 heavy (non-hydrogen) atoms. The first-order valence-electron chi connectivity index (χ1n) is 8.81. The summed E-state index contributed by atoms with van der Waals surface area (Å²) in [6, 6.07) is 17.8. The van der Waals surface area contributed by atoms with E-state index in [1.165, 1.54) is 5.56 Å². The third kappa shape index (κ3) is 4.08. The minimum Gasteiger partial charge on any atom is -0.338 e. The van der Waals surface area contributed by atoms with Gasteiger partial charge in [-0.15, -0.1) is 0 Å². The summed E-state index contributed by atoms with van der Waals surface area (Å²) in [4.78, 5) is 16.3. The van der Waals surface area contributed by atoms with Crippen molar-refractivity contribution in [3.63, 3.8) is 0 Å². The van der Waals surface area contributed by atoms with E-state index in [4.69, 9.17) is 0 Å². The molecule has 132 valence electrons. The fraction of sp³-hybridized carbons (Fsp3) is 0.250. The first-order chi connectivity index (χ1) is 12.8. The molecule has 0 aliphatic heterocycles. The van der Waals surface area contributed by atoms with Gasteiger partial charge in [0.15, 0.2) is 5.82 Å².